The molecule has 0 aliphatic heterocycles. The summed E-state index contributed by atoms with van der Waals surface area (Å²) in [5, 5.41) is 3.32. The molecule has 0 saturated carbocycles. The minimum absolute atomic E-state index is 0.0385. The normalized spacial score (nSPS) is 10.4. The molecule has 1 aromatic heterocycles. The Morgan fingerprint density at radius 1 is 1.13 bits per heavy atom. The van der Waals surface area contributed by atoms with Gasteiger partial charge < -0.3 is 10.2 Å². The van der Waals surface area contributed by atoms with Gasteiger partial charge in [-0.15, -0.1) is 0 Å². The number of amides is 1. The number of benzene rings is 1. The molecule has 0 unspecified atom stereocenters. The maximum Gasteiger partial charge on any atom is 0.272 e. The summed E-state index contributed by atoms with van der Waals surface area (Å²) in [7, 11) is 1.82. The molecule has 0 fully saturated rings. The Hall–Kier alpha value is -2.36. The quantitative estimate of drug-likeness (QED) is 0.831. The summed E-state index contributed by atoms with van der Waals surface area (Å²) in [5.74, 6) is -0.0385. The number of hydrogen-bond donors (Lipinski definition) is 1. The van der Waals surface area contributed by atoms with Gasteiger partial charge in [0.25, 0.3) is 5.91 Å². The highest BCUT2D eigenvalue weighted by molar-refractivity contribution is 5.93. The average molecular weight is 311 g/mol. The van der Waals surface area contributed by atoms with Crippen molar-refractivity contribution in [2.24, 2.45) is 0 Å². The Morgan fingerprint density at radius 2 is 1.87 bits per heavy atom. The lowest BCUT2D eigenvalue weighted by Gasteiger charge is -2.16. The molecule has 0 aliphatic rings. The zero-order valence-corrected chi connectivity index (χ0v) is 14.2. The SMILES string of the molecule is CCCCN(C)C(=O)c1cc(Nc2ccc(CC)cc2)ccn1. The van der Waals surface area contributed by atoms with Crippen LogP contribution in [0.2, 0.25) is 0 Å². The van der Waals surface area contributed by atoms with Gasteiger partial charge in [0.1, 0.15) is 5.69 Å². The van der Waals surface area contributed by atoms with E-state index in [1.54, 1.807) is 17.2 Å². The van der Waals surface area contributed by atoms with Gasteiger partial charge in [0.05, 0.1) is 0 Å². The minimum Gasteiger partial charge on any atom is -0.355 e. The molecule has 2 aromatic rings. The van der Waals surface area contributed by atoms with Crippen molar-refractivity contribution in [3.63, 3.8) is 0 Å². The summed E-state index contributed by atoms with van der Waals surface area (Å²) < 4.78 is 0. The monoisotopic (exact) mass is 311 g/mol. The summed E-state index contributed by atoms with van der Waals surface area (Å²) in [6, 6.07) is 12.0. The van der Waals surface area contributed by atoms with Gasteiger partial charge in [0.15, 0.2) is 0 Å². The third-order valence-corrected chi connectivity index (χ3v) is 3.82. The van der Waals surface area contributed by atoms with Crippen molar-refractivity contribution in [2.75, 3.05) is 18.9 Å². The van der Waals surface area contributed by atoms with E-state index < -0.39 is 0 Å². The zero-order chi connectivity index (χ0) is 16.7. The molecule has 23 heavy (non-hydrogen) atoms. The zero-order valence-electron chi connectivity index (χ0n) is 14.2. The van der Waals surface area contributed by atoms with E-state index in [0.29, 0.717) is 5.69 Å². The first-order chi connectivity index (χ1) is 11.1. The number of nitrogens with one attached hydrogen (secondary N) is 1. The molecule has 122 valence electrons. The van der Waals surface area contributed by atoms with Crippen LogP contribution in [-0.4, -0.2) is 29.4 Å². The van der Waals surface area contributed by atoms with E-state index in [1.807, 2.05) is 25.2 Å². The Bertz CT molecular complexity index is 637. The molecule has 0 aliphatic carbocycles. The van der Waals surface area contributed by atoms with Crippen LogP contribution in [0.25, 0.3) is 0 Å². The van der Waals surface area contributed by atoms with Gasteiger partial charge in [-0.05, 0) is 42.7 Å². The lowest BCUT2D eigenvalue weighted by molar-refractivity contribution is 0.0787. The minimum atomic E-state index is -0.0385. The highest BCUT2D eigenvalue weighted by atomic mass is 16.2. The Balaban J connectivity index is 2.08. The predicted octanol–water partition coefficient (Wildman–Crippen LogP) is 4.26. The van der Waals surface area contributed by atoms with Crippen LogP contribution in [0.4, 0.5) is 11.4 Å². The molecule has 1 N–H and O–H groups in total. The van der Waals surface area contributed by atoms with Crippen molar-refractivity contribution in [3.05, 3.63) is 53.9 Å². The molecule has 0 saturated heterocycles. The Morgan fingerprint density at radius 3 is 2.52 bits per heavy atom. The lowest BCUT2D eigenvalue weighted by Crippen LogP contribution is -2.28. The van der Waals surface area contributed by atoms with Crippen LogP contribution in [-0.2, 0) is 6.42 Å². The van der Waals surface area contributed by atoms with E-state index in [2.05, 4.69) is 36.3 Å². The number of carbonyl (C=O) groups is 1. The summed E-state index contributed by atoms with van der Waals surface area (Å²) in [4.78, 5) is 18.3. The maximum absolute atomic E-state index is 12.4. The average Bonchev–Trinajstić information content (AvgIpc) is 2.60. The third-order valence-electron chi connectivity index (χ3n) is 3.82. The first-order valence-corrected chi connectivity index (χ1v) is 8.21. The molecular formula is C19H25N3O. The number of pyridine rings is 1. The number of carbonyl (C=O) groups excluding carboxylic acids is 1. The number of unbranched alkanes of at least 4 members (excludes halogenated alkanes) is 1. The van der Waals surface area contributed by atoms with Gasteiger partial charge in [0, 0.05) is 31.2 Å². The topological polar surface area (TPSA) is 45.2 Å². The molecule has 4 heteroatoms. The first kappa shape index (κ1) is 17.0. The summed E-state index contributed by atoms with van der Waals surface area (Å²) >= 11 is 0. The predicted molar refractivity (Wildman–Crippen MR) is 95.2 cm³/mol. The van der Waals surface area contributed by atoms with Crippen LogP contribution in [0.1, 0.15) is 42.7 Å². The van der Waals surface area contributed by atoms with Crippen molar-refractivity contribution >= 4 is 17.3 Å². The first-order valence-electron chi connectivity index (χ1n) is 8.21. The summed E-state index contributed by atoms with van der Waals surface area (Å²) in [6.07, 6.45) is 4.77. The van der Waals surface area contributed by atoms with E-state index in [4.69, 9.17) is 0 Å². The van der Waals surface area contributed by atoms with Crippen molar-refractivity contribution < 1.29 is 4.79 Å². The van der Waals surface area contributed by atoms with Crippen molar-refractivity contribution in [1.29, 1.82) is 0 Å². The molecule has 0 spiro atoms. The number of aromatic nitrogens is 1. The van der Waals surface area contributed by atoms with Crippen molar-refractivity contribution in [3.8, 4) is 0 Å². The number of anilines is 2. The van der Waals surface area contributed by atoms with Gasteiger partial charge in [-0.2, -0.15) is 0 Å². The molecule has 0 atom stereocenters. The van der Waals surface area contributed by atoms with Gasteiger partial charge in [-0.3, -0.25) is 9.78 Å². The second kappa shape index (κ2) is 8.32. The fraction of sp³-hybridized carbons (Fsp3) is 0.368. The van der Waals surface area contributed by atoms with Crippen molar-refractivity contribution in [2.45, 2.75) is 33.1 Å². The van der Waals surface area contributed by atoms with E-state index >= 15 is 0 Å². The van der Waals surface area contributed by atoms with Crippen LogP contribution >= 0.6 is 0 Å². The van der Waals surface area contributed by atoms with E-state index in [-0.39, 0.29) is 5.91 Å². The van der Waals surface area contributed by atoms with Crippen LogP contribution in [0.3, 0.4) is 0 Å². The molecule has 1 amide bonds. The van der Waals surface area contributed by atoms with Crippen molar-refractivity contribution in [1.82, 2.24) is 9.88 Å². The fourth-order valence-corrected chi connectivity index (χ4v) is 2.31. The Labute approximate surface area is 138 Å². The molecule has 0 radical (unpaired) electrons. The second-order valence-electron chi connectivity index (χ2n) is 5.69. The van der Waals surface area contributed by atoms with Crippen LogP contribution < -0.4 is 5.32 Å². The summed E-state index contributed by atoms with van der Waals surface area (Å²) in [5.41, 5.74) is 3.65. The standard InChI is InChI=1S/C19H25N3O/c1-4-6-13-22(3)19(23)18-14-17(11-12-20-18)21-16-9-7-15(5-2)8-10-16/h7-12,14H,4-6,13H2,1-3H3,(H,20,21). The number of rotatable bonds is 7. The molecular weight excluding hydrogens is 286 g/mol. The molecule has 1 heterocycles. The van der Waals surface area contributed by atoms with Gasteiger partial charge >= 0.3 is 0 Å². The second-order valence-corrected chi connectivity index (χ2v) is 5.69. The number of nitrogens with zero attached hydrogens (tertiary/aromatic N) is 2. The van der Waals surface area contributed by atoms with Gasteiger partial charge in [0.2, 0.25) is 0 Å². The molecule has 0 bridgehead atoms. The van der Waals surface area contributed by atoms with E-state index in [9.17, 15) is 4.79 Å². The third kappa shape index (κ3) is 4.81. The molecule has 4 nitrogen and oxygen atoms in total. The highest BCUT2D eigenvalue weighted by Crippen LogP contribution is 2.18. The number of hydrogen-bond acceptors (Lipinski definition) is 3. The maximum atomic E-state index is 12.4. The van der Waals surface area contributed by atoms with E-state index in [1.165, 1.54) is 5.56 Å². The molecule has 2 rings (SSSR count). The largest absolute Gasteiger partial charge is 0.355 e. The lowest BCUT2D eigenvalue weighted by atomic mass is 10.1. The van der Waals surface area contributed by atoms with E-state index in [0.717, 1.165) is 37.2 Å². The van der Waals surface area contributed by atoms with Crippen LogP contribution in [0.5, 0.6) is 0 Å². The van der Waals surface area contributed by atoms with Gasteiger partial charge in [-0.1, -0.05) is 32.4 Å². The Kier molecular flexibility index (Phi) is 6.15. The molecule has 1 aromatic carbocycles. The summed E-state index contributed by atoms with van der Waals surface area (Å²) in [6.45, 7) is 5.01. The van der Waals surface area contributed by atoms with Crippen LogP contribution in [0.15, 0.2) is 42.6 Å². The van der Waals surface area contributed by atoms with Crippen LogP contribution in [0, 0.1) is 0 Å². The smallest absolute Gasteiger partial charge is 0.272 e. The highest BCUT2D eigenvalue weighted by Gasteiger charge is 2.13. The van der Waals surface area contributed by atoms with Gasteiger partial charge in [-0.25, -0.2) is 0 Å². The number of aryl methyl sites for hydroxylation is 1. The fourth-order valence-electron chi connectivity index (χ4n) is 2.31.